The van der Waals surface area contributed by atoms with Gasteiger partial charge in [-0.25, -0.2) is 8.42 Å². The van der Waals surface area contributed by atoms with Gasteiger partial charge in [-0.3, -0.25) is 0 Å². The molecule has 0 aliphatic carbocycles. The van der Waals surface area contributed by atoms with Crippen LogP contribution in [0.4, 0.5) is 5.69 Å². The Morgan fingerprint density at radius 2 is 2.00 bits per heavy atom. The van der Waals surface area contributed by atoms with E-state index in [1.54, 1.807) is 31.0 Å². The molecule has 1 aliphatic rings. The van der Waals surface area contributed by atoms with Crippen LogP contribution in [0.5, 0.6) is 5.75 Å². The van der Waals surface area contributed by atoms with Gasteiger partial charge in [0.25, 0.3) is 0 Å². The van der Waals surface area contributed by atoms with Gasteiger partial charge in [-0.15, -0.1) is 11.8 Å². The van der Waals surface area contributed by atoms with Crippen molar-refractivity contribution in [2.45, 2.75) is 17.2 Å². The molecule has 1 heterocycles. The van der Waals surface area contributed by atoms with Crippen LogP contribution in [0.15, 0.2) is 47.4 Å². The number of aryl methyl sites for hydroxylation is 1. The molecule has 1 atom stereocenters. The van der Waals surface area contributed by atoms with Crippen LogP contribution in [0, 0.1) is 6.92 Å². The molecular formula is C17H20N2O3S2. The molecule has 2 aromatic rings. The van der Waals surface area contributed by atoms with Crippen LogP contribution in [0.3, 0.4) is 0 Å². The lowest BCUT2D eigenvalue weighted by atomic mass is 10.2. The summed E-state index contributed by atoms with van der Waals surface area (Å²) >= 11 is 1.60. The summed E-state index contributed by atoms with van der Waals surface area (Å²) in [6.45, 7) is 2.32. The number of methoxy groups -OCH3 is 1. The summed E-state index contributed by atoms with van der Waals surface area (Å²) in [6.07, 6.45) is 0. The van der Waals surface area contributed by atoms with Crippen molar-refractivity contribution in [1.29, 1.82) is 0 Å². The lowest BCUT2D eigenvalue weighted by Gasteiger charge is -2.25. The summed E-state index contributed by atoms with van der Waals surface area (Å²) in [6, 6.07) is 12.4. The van der Waals surface area contributed by atoms with Gasteiger partial charge in [0.2, 0.25) is 10.0 Å². The molecule has 1 saturated heterocycles. The predicted octanol–water partition coefficient (Wildman–Crippen LogP) is 3.02. The van der Waals surface area contributed by atoms with E-state index in [1.165, 1.54) is 10.4 Å². The fourth-order valence-electron chi connectivity index (χ4n) is 2.73. The van der Waals surface area contributed by atoms with Crippen molar-refractivity contribution >= 4 is 27.5 Å². The Morgan fingerprint density at radius 3 is 2.71 bits per heavy atom. The van der Waals surface area contributed by atoms with Gasteiger partial charge in [0.15, 0.2) is 0 Å². The van der Waals surface area contributed by atoms with E-state index < -0.39 is 10.0 Å². The lowest BCUT2D eigenvalue weighted by molar-refractivity contribution is 0.390. The van der Waals surface area contributed by atoms with Gasteiger partial charge < -0.3 is 10.5 Å². The van der Waals surface area contributed by atoms with Gasteiger partial charge in [0.05, 0.1) is 17.4 Å². The number of nitrogens with zero attached hydrogens (tertiary/aromatic N) is 1. The Morgan fingerprint density at radius 1 is 1.25 bits per heavy atom. The van der Waals surface area contributed by atoms with E-state index in [4.69, 9.17) is 10.5 Å². The number of rotatable bonds is 4. The summed E-state index contributed by atoms with van der Waals surface area (Å²) < 4.78 is 33.1. The Balaban J connectivity index is 2.02. The van der Waals surface area contributed by atoms with Gasteiger partial charge in [0, 0.05) is 23.5 Å². The quantitative estimate of drug-likeness (QED) is 0.844. The Kier molecular flexibility index (Phi) is 4.76. The minimum atomic E-state index is -3.62. The van der Waals surface area contributed by atoms with Gasteiger partial charge in [0.1, 0.15) is 5.75 Å². The Bertz CT molecular complexity index is 853. The maximum absolute atomic E-state index is 13.1. The van der Waals surface area contributed by atoms with Gasteiger partial charge >= 0.3 is 0 Å². The molecular weight excluding hydrogens is 344 g/mol. The molecule has 2 N–H and O–H groups in total. The van der Waals surface area contributed by atoms with Gasteiger partial charge in [-0.05, 0) is 30.7 Å². The van der Waals surface area contributed by atoms with E-state index in [0.717, 1.165) is 16.9 Å². The van der Waals surface area contributed by atoms with E-state index in [2.05, 4.69) is 0 Å². The normalized spacial score (nSPS) is 18.7. The minimum Gasteiger partial charge on any atom is -0.496 e. The summed E-state index contributed by atoms with van der Waals surface area (Å²) in [5.41, 5.74) is 8.12. The zero-order chi connectivity index (χ0) is 17.3. The number of hydrogen-bond acceptors (Lipinski definition) is 5. The number of nitrogen functional groups attached to an aromatic ring is 1. The smallest absolute Gasteiger partial charge is 0.244 e. The molecule has 1 aliphatic heterocycles. The highest BCUT2D eigenvalue weighted by Gasteiger charge is 2.38. The molecule has 0 bridgehead atoms. The number of ether oxygens (including phenoxy) is 1. The minimum absolute atomic E-state index is 0.230. The van der Waals surface area contributed by atoms with Crippen LogP contribution in [-0.2, 0) is 10.0 Å². The van der Waals surface area contributed by atoms with E-state index in [9.17, 15) is 8.42 Å². The third-order valence-corrected chi connectivity index (χ3v) is 7.35. The number of anilines is 1. The second kappa shape index (κ2) is 6.66. The van der Waals surface area contributed by atoms with Crippen LogP contribution in [-0.4, -0.2) is 32.1 Å². The summed E-state index contributed by atoms with van der Waals surface area (Å²) in [7, 11) is -2.03. The third-order valence-electron chi connectivity index (χ3n) is 4.11. The number of benzene rings is 2. The van der Waals surface area contributed by atoms with E-state index in [-0.39, 0.29) is 10.3 Å². The van der Waals surface area contributed by atoms with Crippen LogP contribution in [0.2, 0.25) is 0 Å². The second-order valence-electron chi connectivity index (χ2n) is 5.60. The van der Waals surface area contributed by atoms with Crippen LogP contribution >= 0.6 is 11.8 Å². The molecule has 0 spiro atoms. The summed E-state index contributed by atoms with van der Waals surface area (Å²) in [5.74, 6) is 1.43. The standard InChI is InChI=1S/C17H20N2O3S2/c1-12-7-8-13(11-15(12)18)24(20,21)19-9-10-23-17(19)14-5-3-4-6-16(14)22-2/h3-8,11,17H,9-10,18H2,1-2H3. The molecule has 0 aromatic heterocycles. The Hall–Kier alpha value is -1.70. The third kappa shape index (κ3) is 2.99. The molecule has 1 fully saturated rings. The molecule has 0 radical (unpaired) electrons. The first-order chi connectivity index (χ1) is 11.4. The monoisotopic (exact) mass is 364 g/mol. The molecule has 24 heavy (non-hydrogen) atoms. The molecule has 2 aromatic carbocycles. The zero-order valence-electron chi connectivity index (χ0n) is 13.6. The lowest BCUT2D eigenvalue weighted by Crippen LogP contribution is -2.30. The zero-order valence-corrected chi connectivity index (χ0v) is 15.2. The molecule has 3 rings (SSSR count). The van der Waals surface area contributed by atoms with E-state index >= 15 is 0 Å². The van der Waals surface area contributed by atoms with Crippen molar-refractivity contribution in [2.75, 3.05) is 25.1 Å². The average Bonchev–Trinajstić information content (AvgIpc) is 3.07. The first-order valence-electron chi connectivity index (χ1n) is 7.57. The molecule has 0 amide bonds. The van der Waals surface area contributed by atoms with Gasteiger partial charge in [-0.2, -0.15) is 4.31 Å². The maximum Gasteiger partial charge on any atom is 0.244 e. The highest BCUT2D eigenvalue weighted by molar-refractivity contribution is 8.01. The van der Waals surface area contributed by atoms with Crippen molar-refractivity contribution < 1.29 is 13.2 Å². The first-order valence-corrected chi connectivity index (χ1v) is 10.1. The van der Waals surface area contributed by atoms with Gasteiger partial charge in [-0.1, -0.05) is 24.3 Å². The van der Waals surface area contributed by atoms with Crippen molar-refractivity contribution in [3.8, 4) is 5.75 Å². The number of hydrogen-bond donors (Lipinski definition) is 1. The number of thioether (sulfide) groups is 1. The molecule has 5 nitrogen and oxygen atoms in total. The highest BCUT2D eigenvalue weighted by Crippen LogP contribution is 2.44. The molecule has 7 heteroatoms. The van der Waals surface area contributed by atoms with Crippen molar-refractivity contribution in [3.63, 3.8) is 0 Å². The average molecular weight is 364 g/mol. The molecule has 0 saturated carbocycles. The summed E-state index contributed by atoms with van der Waals surface area (Å²) in [5, 5.41) is -0.298. The maximum atomic E-state index is 13.1. The fourth-order valence-corrected chi connectivity index (χ4v) is 6.02. The second-order valence-corrected chi connectivity index (χ2v) is 8.68. The largest absolute Gasteiger partial charge is 0.496 e. The van der Waals surface area contributed by atoms with Crippen LogP contribution < -0.4 is 10.5 Å². The fraction of sp³-hybridized carbons (Fsp3) is 0.294. The Labute approximate surface area is 146 Å². The summed E-state index contributed by atoms with van der Waals surface area (Å²) in [4.78, 5) is 0.230. The van der Waals surface area contributed by atoms with Crippen molar-refractivity contribution in [2.24, 2.45) is 0 Å². The van der Waals surface area contributed by atoms with Crippen molar-refractivity contribution in [1.82, 2.24) is 4.31 Å². The molecule has 1 unspecified atom stereocenters. The SMILES string of the molecule is COc1ccccc1C1SCCN1S(=O)(=O)c1ccc(C)c(N)c1. The first kappa shape index (κ1) is 17.1. The number of para-hydroxylation sites is 1. The van der Waals surface area contributed by atoms with Crippen LogP contribution in [0.25, 0.3) is 0 Å². The number of sulfonamides is 1. The number of nitrogens with two attached hydrogens (primary N) is 1. The molecule has 128 valence electrons. The highest BCUT2D eigenvalue weighted by atomic mass is 32.2. The van der Waals surface area contributed by atoms with Crippen LogP contribution in [0.1, 0.15) is 16.5 Å². The van der Waals surface area contributed by atoms with E-state index in [0.29, 0.717) is 18.0 Å². The van der Waals surface area contributed by atoms with Crippen molar-refractivity contribution in [3.05, 3.63) is 53.6 Å². The topological polar surface area (TPSA) is 72.6 Å². The predicted molar refractivity (Wildman–Crippen MR) is 97.7 cm³/mol. The van der Waals surface area contributed by atoms with E-state index in [1.807, 2.05) is 31.2 Å².